The predicted molar refractivity (Wildman–Crippen MR) is 137 cm³/mol. The second-order valence-electron chi connectivity index (χ2n) is 9.81. The zero-order valence-electron chi connectivity index (χ0n) is 21.1. The Balaban J connectivity index is 1.55. The molecule has 10 nitrogen and oxygen atoms in total. The van der Waals surface area contributed by atoms with Crippen molar-refractivity contribution in [1.29, 1.82) is 0 Å². The number of aliphatic hydroxyl groups excluding tert-OH is 1. The number of fused-ring (bicyclic) bond motifs is 1. The van der Waals surface area contributed by atoms with Crippen LogP contribution >= 0.6 is 0 Å². The van der Waals surface area contributed by atoms with Crippen LogP contribution in [0.5, 0.6) is 0 Å². The third-order valence-electron chi connectivity index (χ3n) is 7.29. The predicted octanol–water partition coefficient (Wildman–Crippen LogP) is 4.38. The molecule has 2 aliphatic rings. The molecule has 1 unspecified atom stereocenters. The number of hydrogen-bond acceptors (Lipinski definition) is 8. The molecule has 11 heteroatoms. The van der Waals surface area contributed by atoms with E-state index in [1.165, 1.54) is 19.7 Å². The number of esters is 1. The van der Waals surface area contributed by atoms with Gasteiger partial charge >= 0.3 is 5.97 Å². The van der Waals surface area contributed by atoms with Crippen molar-refractivity contribution in [3.63, 3.8) is 0 Å². The minimum absolute atomic E-state index is 0.0344. The number of rotatable bonds is 10. The van der Waals surface area contributed by atoms with Gasteiger partial charge in [0, 0.05) is 13.0 Å². The van der Waals surface area contributed by atoms with E-state index in [0.717, 1.165) is 35.6 Å². The summed E-state index contributed by atoms with van der Waals surface area (Å²) in [5.41, 5.74) is 0.987. The number of benzene rings is 1. The van der Waals surface area contributed by atoms with Crippen LogP contribution in [0.1, 0.15) is 63.9 Å². The molecule has 1 aliphatic carbocycles. The summed E-state index contributed by atoms with van der Waals surface area (Å²) < 4.78 is 34.1. The number of aliphatic hydroxyl groups is 1. The number of nitrogens with zero attached hydrogens (tertiary/aromatic N) is 4. The molecule has 1 aromatic carbocycles. The minimum Gasteiger partial charge on any atom is -0.507 e. The third-order valence-corrected chi connectivity index (χ3v) is 9.02. The van der Waals surface area contributed by atoms with Gasteiger partial charge in [-0.2, -0.15) is 8.42 Å². The van der Waals surface area contributed by atoms with Gasteiger partial charge in [-0.1, -0.05) is 38.8 Å². The van der Waals surface area contributed by atoms with Gasteiger partial charge < -0.3 is 14.8 Å². The van der Waals surface area contributed by atoms with Crippen LogP contribution in [-0.2, 0) is 19.6 Å². The van der Waals surface area contributed by atoms with Crippen LogP contribution < -0.4 is 4.31 Å². The summed E-state index contributed by atoms with van der Waals surface area (Å²) in [5, 5.41) is 11.2. The van der Waals surface area contributed by atoms with Crippen molar-refractivity contribution < 1.29 is 23.1 Å². The van der Waals surface area contributed by atoms with E-state index in [-0.39, 0.29) is 33.8 Å². The zero-order valence-corrected chi connectivity index (χ0v) is 22.0. The average molecular weight is 526 g/mol. The van der Waals surface area contributed by atoms with Crippen molar-refractivity contribution in [1.82, 2.24) is 19.9 Å². The Morgan fingerprint density at radius 1 is 1.19 bits per heavy atom. The molecule has 1 saturated carbocycles. The molecular weight excluding hydrogens is 494 g/mol. The Labute approximate surface area is 215 Å². The first-order valence-electron chi connectivity index (χ1n) is 12.6. The van der Waals surface area contributed by atoms with Gasteiger partial charge in [-0.3, -0.25) is 4.31 Å². The van der Waals surface area contributed by atoms with Crippen molar-refractivity contribution in [2.75, 3.05) is 11.4 Å². The Hall–Kier alpha value is -3.47. The standard InChI is InChI=1S/C26H31N5O5S/c1-4-11-26(12-5-2)22(32)20(25(33)36-26)19(16-9-10-16)17-7-6-8-18(13-17)31(3)37(34,35)24-21-23(28-14-27-21)29-15-30-24/h6-8,13-16,19,32H,4-5,9-12H2,1-3H3,(H,27,28,29,30). The molecule has 2 N–H and O–H groups in total. The lowest BCUT2D eigenvalue weighted by molar-refractivity contribution is -0.149. The third kappa shape index (κ3) is 4.24. The lowest BCUT2D eigenvalue weighted by Crippen LogP contribution is -2.31. The second-order valence-corrected chi connectivity index (χ2v) is 11.7. The second kappa shape index (κ2) is 9.44. The first-order chi connectivity index (χ1) is 17.7. The summed E-state index contributed by atoms with van der Waals surface area (Å²) in [6.07, 6.45) is 7.02. The molecule has 0 amide bonds. The lowest BCUT2D eigenvalue weighted by Gasteiger charge is -2.27. The normalized spacial score (nSPS) is 18.3. The topological polar surface area (TPSA) is 138 Å². The molecule has 1 atom stereocenters. The van der Waals surface area contributed by atoms with Gasteiger partial charge in [0.05, 0.1) is 17.6 Å². The Kier molecular flexibility index (Phi) is 6.43. The number of ether oxygens (including phenoxy) is 1. The van der Waals surface area contributed by atoms with E-state index in [2.05, 4.69) is 19.9 Å². The maximum Gasteiger partial charge on any atom is 0.339 e. The largest absolute Gasteiger partial charge is 0.507 e. The quantitative estimate of drug-likeness (QED) is 0.294. The molecule has 1 aliphatic heterocycles. The zero-order chi connectivity index (χ0) is 26.4. The summed E-state index contributed by atoms with van der Waals surface area (Å²) >= 11 is 0. The van der Waals surface area contributed by atoms with Gasteiger partial charge in [-0.15, -0.1) is 0 Å². The first-order valence-corrected chi connectivity index (χ1v) is 14.1. The number of aromatic amines is 1. The van der Waals surface area contributed by atoms with Crippen LogP contribution in [0.4, 0.5) is 5.69 Å². The lowest BCUT2D eigenvalue weighted by atomic mass is 9.82. The molecule has 3 heterocycles. The van der Waals surface area contributed by atoms with Gasteiger partial charge in [-0.05, 0) is 49.3 Å². The molecule has 1 fully saturated rings. The van der Waals surface area contributed by atoms with Crippen molar-refractivity contribution >= 4 is 32.8 Å². The van der Waals surface area contributed by atoms with Gasteiger partial charge in [0.1, 0.15) is 17.6 Å². The van der Waals surface area contributed by atoms with Crippen LogP contribution in [0.25, 0.3) is 11.2 Å². The van der Waals surface area contributed by atoms with E-state index in [4.69, 9.17) is 4.74 Å². The van der Waals surface area contributed by atoms with Crippen LogP contribution in [0.3, 0.4) is 0 Å². The summed E-state index contributed by atoms with van der Waals surface area (Å²) in [4.78, 5) is 28.0. The van der Waals surface area contributed by atoms with Crippen LogP contribution in [-0.4, -0.2) is 52.1 Å². The summed E-state index contributed by atoms with van der Waals surface area (Å²) in [6, 6.07) is 7.09. The maximum atomic E-state index is 13.5. The van der Waals surface area contributed by atoms with Gasteiger partial charge in [0.25, 0.3) is 10.0 Å². The highest BCUT2D eigenvalue weighted by atomic mass is 32.2. The molecule has 0 spiro atoms. The van der Waals surface area contributed by atoms with Gasteiger partial charge in [0.2, 0.25) is 5.03 Å². The fourth-order valence-electron chi connectivity index (χ4n) is 5.39. The number of aromatic nitrogens is 4. The number of carbonyl (C=O) groups excluding carboxylic acids is 1. The van der Waals surface area contributed by atoms with Crippen LogP contribution in [0.2, 0.25) is 0 Å². The molecule has 5 rings (SSSR count). The number of anilines is 1. The van der Waals surface area contributed by atoms with Crippen LogP contribution in [0.15, 0.2) is 53.3 Å². The number of nitrogens with one attached hydrogen (secondary N) is 1. The van der Waals surface area contributed by atoms with Gasteiger partial charge in [-0.25, -0.2) is 19.7 Å². The van der Waals surface area contributed by atoms with Gasteiger partial charge in [0.15, 0.2) is 11.2 Å². The molecule has 2 aromatic heterocycles. The highest BCUT2D eigenvalue weighted by Crippen LogP contribution is 2.52. The molecular formula is C26H31N5O5S. The van der Waals surface area contributed by atoms with Crippen molar-refractivity contribution in [2.45, 2.75) is 68.9 Å². The van der Waals surface area contributed by atoms with E-state index < -0.39 is 21.6 Å². The summed E-state index contributed by atoms with van der Waals surface area (Å²) in [6.45, 7) is 4.01. The highest BCUT2D eigenvalue weighted by Gasteiger charge is 2.51. The Morgan fingerprint density at radius 2 is 1.92 bits per heavy atom. The number of carbonyl (C=O) groups is 1. The number of hydrogen-bond donors (Lipinski definition) is 2. The van der Waals surface area contributed by atoms with Crippen molar-refractivity contribution in [3.8, 4) is 0 Å². The van der Waals surface area contributed by atoms with Crippen molar-refractivity contribution in [3.05, 3.63) is 53.8 Å². The number of cyclic esters (lactones) is 1. The van der Waals surface area contributed by atoms with E-state index in [0.29, 0.717) is 24.1 Å². The monoisotopic (exact) mass is 525 g/mol. The molecule has 196 valence electrons. The van der Waals surface area contributed by atoms with E-state index in [1.54, 1.807) is 18.2 Å². The molecule has 3 aromatic rings. The van der Waals surface area contributed by atoms with E-state index >= 15 is 0 Å². The van der Waals surface area contributed by atoms with E-state index in [9.17, 15) is 18.3 Å². The minimum atomic E-state index is -4.05. The molecule has 37 heavy (non-hydrogen) atoms. The SMILES string of the molecule is CCCC1(CCC)OC(=O)C(C(c2cccc(N(C)S(=O)(=O)c3ncnc4nc[nH]c34)c2)C2CC2)=C1O. The summed E-state index contributed by atoms with van der Waals surface area (Å²) in [7, 11) is -2.59. The van der Waals surface area contributed by atoms with Crippen LogP contribution in [0, 0.1) is 5.92 Å². The van der Waals surface area contributed by atoms with E-state index in [1.807, 2.05) is 19.9 Å². The highest BCUT2D eigenvalue weighted by molar-refractivity contribution is 7.92. The molecule has 0 bridgehead atoms. The summed E-state index contributed by atoms with van der Waals surface area (Å²) in [5.74, 6) is -0.651. The smallest absolute Gasteiger partial charge is 0.339 e. The number of H-pyrrole nitrogens is 1. The average Bonchev–Trinajstić information content (AvgIpc) is 3.55. The fraction of sp³-hybridized carbons (Fsp3) is 0.462. The Morgan fingerprint density at radius 3 is 2.59 bits per heavy atom. The first kappa shape index (κ1) is 25.2. The number of sulfonamides is 1. The van der Waals surface area contributed by atoms with Crippen molar-refractivity contribution in [2.24, 2.45) is 5.92 Å². The number of imidazole rings is 1. The Bertz CT molecular complexity index is 1470. The fourth-order valence-corrected chi connectivity index (χ4v) is 6.63. The molecule has 0 saturated heterocycles. The maximum absolute atomic E-state index is 13.5. The molecule has 0 radical (unpaired) electrons.